The van der Waals surface area contributed by atoms with Crippen molar-refractivity contribution in [3.8, 4) is 39.7 Å². The molecule has 0 bridgehead atoms. The van der Waals surface area contributed by atoms with Crippen molar-refractivity contribution in [3.63, 3.8) is 0 Å². The number of aldehydes is 1. The summed E-state index contributed by atoms with van der Waals surface area (Å²) in [7, 11) is 1.28. The monoisotopic (exact) mass is 524 g/mol. The molecule has 0 fully saturated rings. The van der Waals surface area contributed by atoms with E-state index in [2.05, 4.69) is 15.1 Å². The topological polar surface area (TPSA) is 69.9 Å². The smallest absolute Gasteiger partial charge is 0.417 e. The van der Waals surface area contributed by atoms with Crippen LogP contribution in [0.2, 0.25) is 0 Å². The highest BCUT2D eigenvalue weighted by molar-refractivity contribution is 5.82. The van der Waals surface area contributed by atoms with E-state index in [9.17, 15) is 26.7 Å². The molecule has 0 atom stereocenters. The molecule has 2 aliphatic heterocycles. The highest BCUT2D eigenvalue weighted by Gasteiger charge is 2.34. The molecule has 38 heavy (non-hydrogen) atoms. The van der Waals surface area contributed by atoms with E-state index >= 15 is 0 Å². The Morgan fingerprint density at radius 2 is 1.76 bits per heavy atom. The Morgan fingerprint density at radius 1 is 0.974 bits per heavy atom. The highest BCUT2D eigenvalue weighted by atomic mass is 19.4. The average Bonchev–Trinajstić information content (AvgIpc) is 3.33. The van der Waals surface area contributed by atoms with Crippen LogP contribution in [-0.4, -0.2) is 33.1 Å². The van der Waals surface area contributed by atoms with Gasteiger partial charge in [0.1, 0.15) is 23.4 Å². The summed E-state index contributed by atoms with van der Waals surface area (Å²) in [5.41, 5.74) is 0.524. The van der Waals surface area contributed by atoms with Gasteiger partial charge in [0, 0.05) is 5.56 Å². The van der Waals surface area contributed by atoms with Crippen molar-refractivity contribution >= 4 is 6.29 Å². The van der Waals surface area contributed by atoms with Crippen molar-refractivity contribution in [2.75, 3.05) is 7.11 Å². The first kappa shape index (κ1) is 25.0. The van der Waals surface area contributed by atoms with Gasteiger partial charge in [0.2, 0.25) is 0 Å². The predicted octanol–water partition coefficient (Wildman–Crippen LogP) is 6.28. The summed E-state index contributed by atoms with van der Waals surface area (Å²) in [6.45, 7) is 0.0928. The molecule has 0 amide bonds. The van der Waals surface area contributed by atoms with Crippen LogP contribution in [-0.2, 0) is 12.7 Å². The summed E-state index contributed by atoms with van der Waals surface area (Å²) in [6.07, 6.45) is -1.16. The molecule has 0 aliphatic carbocycles. The normalized spacial score (nSPS) is 11.6. The second kappa shape index (κ2) is 9.66. The fraction of sp³-hybridized carbons (Fsp3) is 0.111. The van der Waals surface area contributed by atoms with Crippen molar-refractivity contribution in [3.05, 3.63) is 95.3 Å². The molecule has 11 heteroatoms. The summed E-state index contributed by atoms with van der Waals surface area (Å²) in [6, 6.07) is 11.7. The van der Waals surface area contributed by atoms with Gasteiger partial charge in [-0.25, -0.2) is 18.7 Å². The molecule has 0 aromatic heterocycles. The Hall–Kier alpha value is -4.67. The first-order valence-corrected chi connectivity index (χ1v) is 11.2. The average molecular weight is 524 g/mol. The molecular formula is C27H17F5N4O2. The number of carbonyl (C=O) groups is 1. The van der Waals surface area contributed by atoms with Crippen LogP contribution >= 0.6 is 0 Å². The molecule has 2 heterocycles. The van der Waals surface area contributed by atoms with Gasteiger partial charge in [-0.15, -0.1) is 0 Å². The van der Waals surface area contributed by atoms with Crippen LogP contribution in [0.1, 0.15) is 21.5 Å². The number of methoxy groups -OCH3 is 1. The Labute approximate surface area is 212 Å². The van der Waals surface area contributed by atoms with E-state index in [0.717, 1.165) is 12.1 Å². The van der Waals surface area contributed by atoms with Crippen LogP contribution in [0.4, 0.5) is 22.0 Å². The lowest BCUT2D eigenvalue weighted by Gasteiger charge is -2.16. The standard InChI is InChI=1S/C27H17F5N4O2/c1-38-18-7-8-19(21(10-18)27(30,31)32)15-5-6-16(17(9-15)14-37)12-36-13-24-23(11-33-36)34-26(35-24)20-3-2-4-22(28)25(20)29/h2-11,13-14H,12H2,1H3. The number of carbonyl (C=O) groups excluding carboxylic acids is 1. The van der Waals surface area contributed by atoms with Gasteiger partial charge in [-0.2, -0.15) is 18.3 Å². The van der Waals surface area contributed by atoms with E-state index in [1.165, 1.54) is 60.6 Å². The van der Waals surface area contributed by atoms with Crippen LogP contribution in [0.3, 0.4) is 0 Å². The van der Waals surface area contributed by atoms with Crippen molar-refractivity contribution < 1.29 is 31.5 Å². The summed E-state index contributed by atoms with van der Waals surface area (Å²) >= 11 is 0. The number of benzene rings is 3. The zero-order valence-electron chi connectivity index (χ0n) is 19.6. The van der Waals surface area contributed by atoms with Gasteiger partial charge in [-0.3, -0.25) is 9.48 Å². The van der Waals surface area contributed by atoms with Gasteiger partial charge >= 0.3 is 6.18 Å². The number of nitrogens with zero attached hydrogens (tertiary/aromatic N) is 4. The maximum atomic E-state index is 14.2. The number of ether oxygens (including phenoxy) is 1. The van der Waals surface area contributed by atoms with Gasteiger partial charge in [0.25, 0.3) is 0 Å². The Balaban J connectivity index is 1.48. The molecule has 0 saturated carbocycles. The lowest BCUT2D eigenvalue weighted by atomic mass is 9.95. The van der Waals surface area contributed by atoms with E-state index in [0.29, 0.717) is 23.2 Å². The third-order valence-corrected chi connectivity index (χ3v) is 5.96. The molecule has 0 saturated heterocycles. The van der Waals surface area contributed by atoms with E-state index in [4.69, 9.17) is 4.74 Å². The molecule has 2 aliphatic rings. The molecular weight excluding hydrogens is 507 g/mol. The first-order valence-electron chi connectivity index (χ1n) is 11.2. The summed E-state index contributed by atoms with van der Waals surface area (Å²) in [4.78, 5) is 20.3. The van der Waals surface area contributed by atoms with E-state index in [1.54, 1.807) is 6.07 Å². The van der Waals surface area contributed by atoms with Crippen molar-refractivity contribution in [1.29, 1.82) is 0 Å². The molecule has 0 N–H and O–H groups in total. The Morgan fingerprint density at radius 3 is 2.50 bits per heavy atom. The third kappa shape index (κ3) is 4.70. The van der Waals surface area contributed by atoms with Gasteiger partial charge in [-0.1, -0.05) is 24.3 Å². The van der Waals surface area contributed by atoms with Crippen LogP contribution < -0.4 is 4.74 Å². The summed E-state index contributed by atoms with van der Waals surface area (Å²) < 4.78 is 75.2. The minimum absolute atomic E-state index is 0.00514. The number of rotatable bonds is 6. The van der Waals surface area contributed by atoms with Crippen molar-refractivity contribution in [2.45, 2.75) is 12.7 Å². The van der Waals surface area contributed by atoms with Crippen LogP contribution in [0.25, 0.3) is 33.9 Å². The number of hydrogen-bond acceptors (Lipinski definition) is 5. The van der Waals surface area contributed by atoms with Crippen LogP contribution in [0.15, 0.2) is 67.0 Å². The first-order chi connectivity index (χ1) is 18.2. The maximum Gasteiger partial charge on any atom is 0.417 e. The fourth-order valence-corrected chi connectivity index (χ4v) is 4.07. The SMILES string of the molecule is COc1ccc(-c2ccc(Cn3cc4nc(-c5cccc(F)c5F)nc-4cn3)c(C=O)c2)c(C(F)(F)F)c1. The quantitative estimate of drug-likeness (QED) is 0.193. The molecule has 6 nitrogen and oxygen atoms in total. The lowest BCUT2D eigenvalue weighted by molar-refractivity contribution is -0.137. The zero-order valence-corrected chi connectivity index (χ0v) is 19.6. The Kier molecular flexibility index (Phi) is 6.35. The van der Waals surface area contributed by atoms with Gasteiger partial charge in [0.15, 0.2) is 17.5 Å². The zero-order chi connectivity index (χ0) is 27.0. The van der Waals surface area contributed by atoms with Crippen molar-refractivity contribution in [2.24, 2.45) is 0 Å². The second-order valence-electron chi connectivity index (χ2n) is 8.33. The predicted molar refractivity (Wildman–Crippen MR) is 128 cm³/mol. The molecule has 0 unspecified atom stereocenters. The van der Waals surface area contributed by atoms with Gasteiger partial charge in [0.05, 0.1) is 37.2 Å². The number of hydrogen-bond donors (Lipinski definition) is 0. The van der Waals surface area contributed by atoms with E-state index in [-0.39, 0.29) is 40.4 Å². The molecule has 3 aromatic rings. The fourth-order valence-electron chi connectivity index (χ4n) is 4.07. The Bertz CT molecular complexity index is 1630. The minimum atomic E-state index is -4.63. The minimum Gasteiger partial charge on any atom is -0.497 e. The maximum absolute atomic E-state index is 14.2. The number of alkyl halides is 3. The lowest BCUT2D eigenvalue weighted by Crippen LogP contribution is -2.09. The summed E-state index contributed by atoms with van der Waals surface area (Å²) in [5.74, 6) is -2.03. The van der Waals surface area contributed by atoms with Gasteiger partial charge in [-0.05, 0) is 47.0 Å². The molecule has 3 aromatic carbocycles. The number of aromatic nitrogens is 4. The van der Waals surface area contributed by atoms with E-state index < -0.39 is 23.4 Å². The number of halogens is 5. The molecule has 5 rings (SSSR count). The third-order valence-electron chi connectivity index (χ3n) is 5.96. The largest absolute Gasteiger partial charge is 0.497 e. The van der Waals surface area contributed by atoms with Crippen LogP contribution in [0.5, 0.6) is 5.75 Å². The van der Waals surface area contributed by atoms with Crippen molar-refractivity contribution in [1.82, 2.24) is 19.7 Å². The molecule has 192 valence electrons. The second-order valence-corrected chi connectivity index (χ2v) is 8.33. The van der Waals surface area contributed by atoms with Gasteiger partial charge < -0.3 is 4.74 Å². The van der Waals surface area contributed by atoms with E-state index in [1.807, 2.05) is 0 Å². The number of fused-ring (bicyclic) bond motifs is 1. The van der Waals surface area contributed by atoms with Crippen LogP contribution in [0, 0.1) is 11.6 Å². The number of imidazole rings is 1. The molecule has 0 spiro atoms. The highest BCUT2D eigenvalue weighted by Crippen LogP contribution is 2.39. The molecule has 0 radical (unpaired) electrons. The summed E-state index contributed by atoms with van der Waals surface area (Å²) in [5, 5.41) is 4.24.